The van der Waals surface area contributed by atoms with Crippen LogP contribution in [0.2, 0.25) is 0 Å². The van der Waals surface area contributed by atoms with E-state index in [4.69, 9.17) is 0 Å². The van der Waals surface area contributed by atoms with Gasteiger partial charge in [0.1, 0.15) is 0 Å². The summed E-state index contributed by atoms with van der Waals surface area (Å²) < 4.78 is 0. The van der Waals surface area contributed by atoms with E-state index in [1.165, 1.54) is 0 Å². The lowest BCUT2D eigenvalue weighted by Crippen LogP contribution is -2.58. The van der Waals surface area contributed by atoms with Crippen LogP contribution in [-0.2, 0) is 0 Å². The molecule has 0 aliphatic rings. The van der Waals surface area contributed by atoms with Gasteiger partial charge in [-0.25, -0.2) is 0 Å². The van der Waals surface area contributed by atoms with Gasteiger partial charge in [-0.2, -0.15) is 0 Å². The summed E-state index contributed by atoms with van der Waals surface area (Å²) in [5, 5.41) is 3.52. The molecule has 0 fully saturated rings. The SMILES string of the molecule is C.C.C.CC(C)C(C)N(C(C)(C)C)C(C)(C)C.CC(C)C(C)NC(C)(C)C. The summed E-state index contributed by atoms with van der Waals surface area (Å²) in [4.78, 5) is 2.62. The van der Waals surface area contributed by atoms with E-state index in [1.54, 1.807) is 0 Å². The monoisotopic (exact) mass is 390 g/mol. The van der Waals surface area contributed by atoms with Crippen LogP contribution in [0.25, 0.3) is 0 Å². The van der Waals surface area contributed by atoms with Gasteiger partial charge in [-0.15, -0.1) is 0 Å². The Morgan fingerprint density at radius 2 is 0.852 bits per heavy atom. The van der Waals surface area contributed by atoms with Gasteiger partial charge in [0.25, 0.3) is 0 Å². The van der Waals surface area contributed by atoms with E-state index in [-0.39, 0.29) is 38.9 Å². The Labute approximate surface area is 177 Å². The average Bonchev–Trinajstić information content (AvgIpc) is 2.22. The predicted octanol–water partition coefficient (Wildman–Crippen LogP) is 8.26. The number of rotatable bonds is 4. The van der Waals surface area contributed by atoms with E-state index < -0.39 is 0 Å². The number of hydrogen-bond donors (Lipinski definition) is 1. The number of hydrogen-bond acceptors (Lipinski definition) is 2. The second-order valence-electron chi connectivity index (χ2n) is 11.1. The molecule has 0 aromatic rings. The lowest BCUT2D eigenvalue weighted by Gasteiger charge is -2.50. The first-order chi connectivity index (χ1) is 10.3. The summed E-state index contributed by atoms with van der Waals surface area (Å²) in [6.07, 6.45) is 0. The van der Waals surface area contributed by atoms with E-state index >= 15 is 0 Å². The highest BCUT2D eigenvalue weighted by Crippen LogP contribution is 2.30. The van der Waals surface area contributed by atoms with Crippen LogP contribution in [0.3, 0.4) is 0 Å². The average molecular weight is 391 g/mol. The third-order valence-electron chi connectivity index (χ3n) is 4.48. The van der Waals surface area contributed by atoms with Gasteiger partial charge in [-0.3, -0.25) is 4.90 Å². The van der Waals surface area contributed by atoms with Gasteiger partial charge in [-0.05, 0) is 88.0 Å². The van der Waals surface area contributed by atoms with Crippen LogP contribution < -0.4 is 5.32 Å². The molecule has 0 aliphatic carbocycles. The lowest BCUT2D eigenvalue weighted by molar-refractivity contribution is -0.0154. The maximum absolute atomic E-state index is 3.52. The molecule has 0 aliphatic heterocycles. The van der Waals surface area contributed by atoms with Crippen molar-refractivity contribution in [2.75, 3.05) is 0 Å². The first-order valence-electron chi connectivity index (χ1n) is 9.87. The standard InChI is InChI=1S/C13H29N.C9H21N.3CH4/c1-10(2)11(3)14(12(4,5)6)13(7,8)9;1-7(2)8(3)10-9(4,5)6;;;/h10-11H,1-9H3;7-8,10H,1-6H3;3*1H4. The second kappa shape index (κ2) is 14.0. The summed E-state index contributed by atoms with van der Waals surface area (Å²) in [5.74, 6) is 1.42. The van der Waals surface area contributed by atoms with Crippen LogP contribution in [0, 0.1) is 11.8 Å². The maximum Gasteiger partial charge on any atom is 0.0133 e. The zero-order valence-corrected chi connectivity index (χ0v) is 19.8. The fourth-order valence-electron chi connectivity index (χ4n) is 3.38. The zero-order chi connectivity index (χ0) is 20.1. The van der Waals surface area contributed by atoms with Crippen molar-refractivity contribution in [1.29, 1.82) is 0 Å². The molecule has 0 aromatic heterocycles. The molecule has 2 unspecified atom stereocenters. The highest BCUT2D eigenvalue weighted by Gasteiger charge is 2.35. The molecule has 1 N–H and O–H groups in total. The topological polar surface area (TPSA) is 15.3 Å². The Hall–Kier alpha value is -0.0800. The van der Waals surface area contributed by atoms with Crippen LogP contribution in [0.15, 0.2) is 0 Å². The van der Waals surface area contributed by atoms with E-state index in [1.807, 2.05) is 0 Å². The van der Waals surface area contributed by atoms with Crippen molar-refractivity contribution in [1.82, 2.24) is 10.2 Å². The van der Waals surface area contributed by atoms with Crippen molar-refractivity contribution >= 4 is 0 Å². The molecule has 0 saturated heterocycles. The Bertz CT molecular complexity index is 310. The van der Waals surface area contributed by atoms with Gasteiger partial charge in [0.15, 0.2) is 0 Å². The second-order valence-corrected chi connectivity index (χ2v) is 11.1. The molecule has 0 spiro atoms. The largest absolute Gasteiger partial charge is 0.309 e. The van der Waals surface area contributed by atoms with Crippen molar-refractivity contribution in [2.45, 2.75) is 155 Å². The van der Waals surface area contributed by atoms with Gasteiger partial charge < -0.3 is 5.32 Å². The van der Waals surface area contributed by atoms with Gasteiger partial charge in [0.2, 0.25) is 0 Å². The minimum Gasteiger partial charge on any atom is -0.309 e. The highest BCUT2D eigenvalue weighted by atomic mass is 15.3. The molecule has 172 valence electrons. The van der Waals surface area contributed by atoms with Gasteiger partial charge >= 0.3 is 0 Å². The molecule has 2 heteroatoms. The van der Waals surface area contributed by atoms with E-state index in [9.17, 15) is 0 Å². The molecule has 0 heterocycles. The molecule has 27 heavy (non-hydrogen) atoms. The normalized spacial score (nSPS) is 14.4. The van der Waals surface area contributed by atoms with Crippen molar-refractivity contribution in [3.8, 4) is 0 Å². The zero-order valence-electron chi connectivity index (χ0n) is 19.8. The Morgan fingerprint density at radius 3 is 0.926 bits per heavy atom. The summed E-state index contributed by atoms with van der Waals surface area (Å²) in [6, 6.07) is 1.23. The summed E-state index contributed by atoms with van der Waals surface area (Å²) >= 11 is 0. The first-order valence-corrected chi connectivity index (χ1v) is 9.87. The van der Waals surface area contributed by atoms with Crippen LogP contribution in [0.1, 0.15) is 126 Å². The molecular weight excluding hydrogens is 328 g/mol. The molecule has 0 aromatic carbocycles. The molecular formula is C25H62N2. The van der Waals surface area contributed by atoms with Crippen LogP contribution in [0.5, 0.6) is 0 Å². The summed E-state index contributed by atoms with van der Waals surface area (Å²) in [7, 11) is 0. The molecule has 0 radical (unpaired) electrons. The molecule has 2 nitrogen and oxygen atoms in total. The van der Waals surface area contributed by atoms with Gasteiger partial charge in [0, 0.05) is 28.7 Å². The third-order valence-corrected chi connectivity index (χ3v) is 4.48. The molecule has 0 rings (SSSR count). The lowest BCUT2D eigenvalue weighted by atomic mass is 9.89. The smallest absolute Gasteiger partial charge is 0.0133 e. The Balaban J connectivity index is -0.000000112. The van der Waals surface area contributed by atoms with Crippen LogP contribution in [0.4, 0.5) is 0 Å². The van der Waals surface area contributed by atoms with E-state index in [0.29, 0.717) is 18.0 Å². The summed E-state index contributed by atoms with van der Waals surface area (Å²) in [5.41, 5.74) is 0.730. The Morgan fingerprint density at radius 1 is 0.556 bits per heavy atom. The maximum atomic E-state index is 3.52. The minimum atomic E-state index is 0. The number of nitrogens with one attached hydrogen (secondary N) is 1. The fourth-order valence-corrected chi connectivity index (χ4v) is 3.38. The van der Waals surface area contributed by atoms with E-state index in [0.717, 1.165) is 5.92 Å². The fraction of sp³-hybridized carbons (Fsp3) is 1.00. The number of nitrogens with zero attached hydrogens (tertiary/aromatic N) is 1. The van der Waals surface area contributed by atoms with Crippen LogP contribution in [-0.4, -0.2) is 33.6 Å². The van der Waals surface area contributed by atoms with E-state index in [2.05, 4.69) is 114 Å². The Kier molecular flexibility index (Phi) is 19.5. The van der Waals surface area contributed by atoms with Crippen LogP contribution >= 0.6 is 0 Å². The van der Waals surface area contributed by atoms with Crippen molar-refractivity contribution in [3.05, 3.63) is 0 Å². The molecule has 2 atom stereocenters. The molecule has 0 amide bonds. The molecule has 0 saturated carbocycles. The van der Waals surface area contributed by atoms with Gasteiger partial charge in [0.05, 0.1) is 0 Å². The van der Waals surface area contributed by atoms with Crippen molar-refractivity contribution < 1.29 is 0 Å². The predicted molar refractivity (Wildman–Crippen MR) is 133 cm³/mol. The van der Waals surface area contributed by atoms with Crippen molar-refractivity contribution in [2.24, 2.45) is 11.8 Å². The highest BCUT2D eigenvalue weighted by molar-refractivity contribution is 4.91. The quantitative estimate of drug-likeness (QED) is 0.519. The third kappa shape index (κ3) is 17.7. The minimum absolute atomic E-state index is 0. The first kappa shape index (κ1) is 37.6. The van der Waals surface area contributed by atoms with Gasteiger partial charge in [-0.1, -0.05) is 50.0 Å². The van der Waals surface area contributed by atoms with Crippen molar-refractivity contribution in [3.63, 3.8) is 0 Å². The molecule has 0 bridgehead atoms. The summed E-state index contributed by atoms with van der Waals surface area (Å²) in [6.45, 7) is 34.1.